The molecular weight excluding hydrogens is 665 g/mol. The van der Waals surface area contributed by atoms with Gasteiger partial charge < -0.3 is 10.1 Å². The van der Waals surface area contributed by atoms with Gasteiger partial charge in [0.1, 0.15) is 17.4 Å². The SMILES string of the molecule is C1=CC2=C(CC1)OC1=c3ccccc3=C(C3=CC=C(C4=NC(c5cccc6c5sc5ccccc56)C=C(c5cccc(-c6ccccc6)c5)N4)C3)CC21. The van der Waals surface area contributed by atoms with Crippen LogP contribution in [-0.2, 0) is 4.74 Å². The molecule has 11 rings (SSSR count). The Morgan fingerprint density at radius 3 is 2.43 bits per heavy atom. The number of benzene rings is 5. The van der Waals surface area contributed by atoms with Gasteiger partial charge in [0.25, 0.3) is 0 Å². The van der Waals surface area contributed by atoms with Crippen LogP contribution in [0.2, 0.25) is 0 Å². The van der Waals surface area contributed by atoms with Gasteiger partial charge in [-0.25, -0.2) is 0 Å². The number of aliphatic imine (C=N–C) groups is 1. The van der Waals surface area contributed by atoms with Crippen molar-refractivity contribution in [3.8, 4) is 11.1 Å². The number of ether oxygens (including phenoxy) is 1. The number of fused-ring (bicyclic) bond motifs is 6. The van der Waals surface area contributed by atoms with E-state index in [4.69, 9.17) is 9.73 Å². The van der Waals surface area contributed by atoms with Crippen molar-refractivity contribution in [3.05, 3.63) is 196 Å². The molecule has 6 aromatic rings. The van der Waals surface area contributed by atoms with E-state index in [1.165, 1.54) is 75.4 Å². The molecule has 3 aliphatic carbocycles. The second-order valence-electron chi connectivity index (χ2n) is 14.5. The number of rotatable bonds is 5. The summed E-state index contributed by atoms with van der Waals surface area (Å²) in [5, 5.41) is 8.99. The van der Waals surface area contributed by atoms with Crippen molar-refractivity contribution in [2.75, 3.05) is 0 Å². The third kappa shape index (κ3) is 5.12. The lowest BCUT2D eigenvalue weighted by Crippen LogP contribution is -2.35. The van der Waals surface area contributed by atoms with Crippen LogP contribution in [-0.4, -0.2) is 5.84 Å². The van der Waals surface area contributed by atoms with Crippen molar-refractivity contribution in [2.24, 2.45) is 10.9 Å². The fraction of sp³-hybridized carbons (Fsp3) is 0.122. The van der Waals surface area contributed by atoms with Crippen LogP contribution in [0, 0.1) is 5.92 Å². The summed E-state index contributed by atoms with van der Waals surface area (Å²) in [6.45, 7) is 0. The summed E-state index contributed by atoms with van der Waals surface area (Å²) in [7, 11) is 0. The number of hydrogen-bond donors (Lipinski definition) is 1. The molecule has 3 heterocycles. The van der Waals surface area contributed by atoms with E-state index >= 15 is 0 Å². The van der Waals surface area contributed by atoms with Crippen LogP contribution < -0.4 is 15.8 Å². The Labute approximate surface area is 312 Å². The van der Waals surface area contributed by atoms with Crippen LogP contribution in [0.4, 0.5) is 0 Å². The van der Waals surface area contributed by atoms with Gasteiger partial charge >= 0.3 is 0 Å². The maximum Gasteiger partial charge on any atom is 0.129 e. The highest BCUT2D eigenvalue weighted by Gasteiger charge is 2.36. The van der Waals surface area contributed by atoms with E-state index in [1.807, 2.05) is 11.3 Å². The largest absolute Gasteiger partial charge is 0.464 e. The number of amidine groups is 1. The van der Waals surface area contributed by atoms with Crippen LogP contribution in [0.15, 0.2) is 179 Å². The van der Waals surface area contributed by atoms with Gasteiger partial charge in [0.05, 0.1) is 12.0 Å². The van der Waals surface area contributed by atoms with Crippen molar-refractivity contribution >= 4 is 54.4 Å². The zero-order valence-electron chi connectivity index (χ0n) is 29.2. The van der Waals surface area contributed by atoms with E-state index in [1.54, 1.807) is 0 Å². The molecule has 0 saturated carbocycles. The van der Waals surface area contributed by atoms with E-state index < -0.39 is 0 Å². The van der Waals surface area contributed by atoms with Gasteiger partial charge in [0, 0.05) is 49.5 Å². The molecule has 5 aromatic carbocycles. The van der Waals surface area contributed by atoms with Crippen molar-refractivity contribution in [1.29, 1.82) is 0 Å². The number of hydrogen-bond acceptors (Lipinski definition) is 4. The van der Waals surface area contributed by atoms with E-state index in [2.05, 4.69) is 157 Å². The Balaban J connectivity index is 0.987. The Bertz CT molecular complexity index is 2840. The molecule has 0 bridgehead atoms. The standard InChI is InChI=1S/C49H36N2OS/c1-2-12-30(13-3-1)31-14-10-15-33(26-31)43-29-44(40-21-11-20-39-37-18-7-9-23-46(37)53-48(39)40)51-49(50-43)34-25-24-32(27-34)41-28-42-36-17-6-8-22-45(36)52-47(42)38-19-5-4-16-35(38)41/h1-7,9-21,23-26,29,42,44H,8,22,27-28H2,(H,50,51). The Kier molecular flexibility index (Phi) is 7.12. The molecule has 2 atom stereocenters. The summed E-state index contributed by atoms with van der Waals surface area (Å²) in [5.41, 5.74) is 11.3. The molecule has 0 radical (unpaired) electrons. The molecule has 53 heavy (non-hydrogen) atoms. The zero-order valence-corrected chi connectivity index (χ0v) is 30.0. The first-order valence-corrected chi connectivity index (χ1v) is 19.5. The highest BCUT2D eigenvalue weighted by atomic mass is 32.1. The van der Waals surface area contributed by atoms with Crippen molar-refractivity contribution in [3.63, 3.8) is 0 Å². The average Bonchev–Trinajstić information content (AvgIpc) is 3.97. The van der Waals surface area contributed by atoms with Crippen LogP contribution in [0.5, 0.6) is 0 Å². The van der Waals surface area contributed by atoms with Gasteiger partial charge in [-0.3, -0.25) is 4.99 Å². The van der Waals surface area contributed by atoms with E-state index in [0.29, 0.717) is 0 Å². The second-order valence-corrected chi connectivity index (χ2v) is 15.6. The Morgan fingerprint density at radius 2 is 1.49 bits per heavy atom. The topological polar surface area (TPSA) is 33.6 Å². The Morgan fingerprint density at radius 1 is 0.717 bits per heavy atom. The predicted octanol–water partition coefficient (Wildman–Crippen LogP) is 10.7. The third-order valence-electron chi connectivity index (χ3n) is 11.4. The van der Waals surface area contributed by atoms with Crippen molar-refractivity contribution in [2.45, 2.75) is 31.7 Å². The van der Waals surface area contributed by atoms with Gasteiger partial charge in [0.15, 0.2) is 0 Å². The molecule has 0 fully saturated rings. The molecule has 3 nitrogen and oxygen atoms in total. The fourth-order valence-corrected chi connectivity index (χ4v) is 10.1. The minimum absolute atomic E-state index is 0.136. The maximum absolute atomic E-state index is 6.58. The highest BCUT2D eigenvalue weighted by Crippen LogP contribution is 2.46. The summed E-state index contributed by atoms with van der Waals surface area (Å²) in [6, 6.07) is 43.7. The lowest BCUT2D eigenvalue weighted by Gasteiger charge is -2.25. The molecule has 1 aromatic heterocycles. The van der Waals surface area contributed by atoms with E-state index in [-0.39, 0.29) is 12.0 Å². The fourth-order valence-electron chi connectivity index (χ4n) is 8.87. The number of allylic oxidation sites excluding steroid dienone is 6. The lowest BCUT2D eigenvalue weighted by molar-refractivity contribution is 0.359. The maximum atomic E-state index is 6.58. The monoisotopic (exact) mass is 700 g/mol. The number of thiophene rings is 1. The quantitative estimate of drug-likeness (QED) is 0.194. The molecule has 4 heteroatoms. The number of nitrogens with one attached hydrogen (secondary N) is 1. The average molecular weight is 701 g/mol. The first-order chi connectivity index (χ1) is 26.2. The first-order valence-electron chi connectivity index (χ1n) is 18.7. The van der Waals surface area contributed by atoms with Crippen LogP contribution >= 0.6 is 11.3 Å². The Hall–Kier alpha value is -5.97. The van der Waals surface area contributed by atoms with Crippen LogP contribution in [0.25, 0.3) is 48.3 Å². The summed E-state index contributed by atoms with van der Waals surface area (Å²) in [6.07, 6.45) is 15.4. The molecule has 1 N–H and O–H groups in total. The van der Waals surface area contributed by atoms with E-state index in [0.717, 1.165) is 48.5 Å². The summed E-state index contributed by atoms with van der Waals surface area (Å²) in [4.78, 5) is 5.53. The van der Waals surface area contributed by atoms with Crippen molar-refractivity contribution < 1.29 is 4.74 Å². The first kappa shape index (κ1) is 30.6. The number of nitrogens with zero attached hydrogens (tertiary/aromatic N) is 1. The minimum Gasteiger partial charge on any atom is -0.464 e. The van der Waals surface area contributed by atoms with Gasteiger partial charge in [-0.05, 0) is 75.2 Å². The minimum atomic E-state index is -0.136. The molecule has 0 saturated heterocycles. The molecule has 2 unspecified atom stereocenters. The lowest BCUT2D eigenvalue weighted by atomic mass is 9.81. The normalized spacial score (nSPS) is 20.3. The highest BCUT2D eigenvalue weighted by molar-refractivity contribution is 7.26. The van der Waals surface area contributed by atoms with Crippen LogP contribution in [0.3, 0.4) is 0 Å². The summed E-state index contributed by atoms with van der Waals surface area (Å²) in [5.74, 6) is 3.53. The molecule has 0 spiro atoms. The van der Waals surface area contributed by atoms with Gasteiger partial charge in [-0.2, -0.15) is 0 Å². The zero-order chi connectivity index (χ0) is 34.9. The molecule has 254 valence electrons. The van der Waals surface area contributed by atoms with Gasteiger partial charge in [-0.1, -0.05) is 133 Å². The molecule has 2 aliphatic heterocycles. The van der Waals surface area contributed by atoms with Gasteiger partial charge in [-0.15, -0.1) is 11.3 Å². The summed E-state index contributed by atoms with van der Waals surface area (Å²) < 4.78 is 9.20. The predicted molar refractivity (Wildman–Crippen MR) is 220 cm³/mol. The summed E-state index contributed by atoms with van der Waals surface area (Å²) >= 11 is 1.87. The molecular formula is C49H36N2OS. The molecule has 5 aliphatic rings. The van der Waals surface area contributed by atoms with Gasteiger partial charge in [0.2, 0.25) is 0 Å². The van der Waals surface area contributed by atoms with Crippen LogP contribution in [0.1, 0.15) is 42.9 Å². The van der Waals surface area contributed by atoms with Crippen molar-refractivity contribution in [1.82, 2.24) is 5.32 Å². The molecule has 0 amide bonds. The smallest absolute Gasteiger partial charge is 0.129 e. The second kappa shape index (κ2) is 12.3. The third-order valence-corrected chi connectivity index (χ3v) is 12.7. The van der Waals surface area contributed by atoms with E-state index in [9.17, 15) is 0 Å².